The van der Waals surface area contributed by atoms with E-state index in [2.05, 4.69) is 40.3 Å². The van der Waals surface area contributed by atoms with E-state index in [1.165, 1.54) is 0 Å². The van der Waals surface area contributed by atoms with Gasteiger partial charge in [0.2, 0.25) is 0 Å². The van der Waals surface area contributed by atoms with Crippen molar-refractivity contribution in [2.75, 3.05) is 0 Å². The minimum Gasteiger partial charge on any atom is -0.306 e. The summed E-state index contributed by atoms with van der Waals surface area (Å²) in [5.41, 5.74) is 3.56. The Balaban J connectivity index is 2.02. The van der Waals surface area contributed by atoms with Crippen LogP contribution in [0, 0.1) is 22.7 Å². The van der Waals surface area contributed by atoms with E-state index in [0.29, 0.717) is 17.7 Å². The fourth-order valence-corrected chi connectivity index (χ4v) is 2.51. The third-order valence-electron chi connectivity index (χ3n) is 3.32. The molecule has 0 saturated carbocycles. The Morgan fingerprint density at radius 1 is 1.05 bits per heavy atom. The summed E-state index contributed by atoms with van der Waals surface area (Å²) in [6, 6.07) is 17.6. The van der Waals surface area contributed by atoms with Crippen LogP contribution in [0.2, 0.25) is 0 Å². The Morgan fingerprint density at radius 2 is 1.67 bits per heavy atom. The van der Waals surface area contributed by atoms with Gasteiger partial charge in [-0.3, -0.25) is 0 Å². The first kappa shape index (κ1) is 15.3. The van der Waals surface area contributed by atoms with E-state index in [4.69, 9.17) is 10.5 Å². The van der Waals surface area contributed by atoms with Crippen molar-refractivity contribution in [3.63, 3.8) is 0 Å². The zero-order valence-corrected chi connectivity index (χ0v) is 13.2. The van der Waals surface area contributed by atoms with E-state index >= 15 is 0 Å². The molecule has 2 aromatic carbocycles. The summed E-state index contributed by atoms with van der Waals surface area (Å²) in [5, 5.41) is 21.1. The van der Waals surface area contributed by atoms with Crippen LogP contribution >= 0.6 is 15.9 Å². The summed E-state index contributed by atoms with van der Waals surface area (Å²) in [6.45, 7) is 2.78. The Hall–Kier alpha value is -2.14. The molecule has 21 heavy (non-hydrogen) atoms. The molecule has 3 nitrogen and oxygen atoms in total. The van der Waals surface area contributed by atoms with E-state index in [0.717, 1.165) is 15.6 Å². The van der Waals surface area contributed by atoms with Crippen LogP contribution in [0.5, 0.6) is 0 Å². The molecule has 0 amide bonds. The van der Waals surface area contributed by atoms with E-state index in [-0.39, 0.29) is 6.04 Å². The second-order valence-corrected chi connectivity index (χ2v) is 5.61. The number of hydrogen-bond donors (Lipinski definition) is 1. The molecule has 0 radical (unpaired) electrons. The lowest BCUT2D eigenvalue weighted by molar-refractivity contribution is 0.573. The summed E-state index contributed by atoms with van der Waals surface area (Å²) in [5.74, 6) is 0. The summed E-state index contributed by atoms with van der Waals surface area (Å²) in [6.07, 6.45) is 0. The van der Waals surface area contributed by atoms with Crippen molar-refractivity contribution < 1.29 is 0 Å². The predicted molar refractivity (Wildman–Crippen MR) is 85.3 cm³/mol. The smallest absolute Gasteiger partial charge is 0.0992 e. The maximum Gasteiger partial charge on any atom is 0.0992 e. The quantitative estimate of drug-likeness (QED) is 0.914. The zero-order valence-electron chi connectivity index (χ0n) is 11.6. The van der Waals surface area contributed by atoms with Gasteiger partial charge in [-0.05, 0) is 42.3 Å². The third-order valence-corrected chi connectivity index (χ3v) is 4.06. The first-order chi connectivity index (χ1) is 10.1. The number of nitrogens with one attached hydrogen (secondary N) is 1. The molecular formula is C17H14BrN3. The summed E-state index contributed by atoms with van der Waals surface area (Å²) >= 11 is 3.49. The van der Waals surface area contributed by atoms with Gasteiger partial charge in [0.1, 0.15) is 0 Å². The molecule has 0 spiro atoms. The largest absolute Gasteiger partial charge is 0.306 e. The van der Waals surface area contributed by atoms with Gasteiger partial charge < -0.3 is 5.32 Å². The predicted octanol–water partition coefficient (Wildman–Crippen LogP) is 4.04. The summed E-state index contributed by atoms with van der Waals surface area (Å²) < 4.78 is 0.932. The molecule has 0 heterocycles. The van der Waals surface area contributed by atoms with Crippen molar-refractivity contribution >= 4 is 15.9 Å². The number of benzene rings is 2. The van der Waals surface area contributed by atoms with Gasteiger partial charge in [0.15, 0.2) is 0 Å². The molecule has 0 aliphatic carbocycles. The maximum atomic E-state index is 8.85. The van der Waals surface area contributed by atoms with Crippen molar-refractivity contribution in [2.45, 2.75) is 19.5 Å². The Bertz CT molecular complexity index is 708. The molecule has 104 valence electrons. The molecule has 0 saturated heterocycles. The number of hydrogen-bond acceptors (Lipinski definition) is 3. The highest BCUT2D eigenvalue weighted by Crippen LogP contribution is 2.20. The molecule has 0 aromatic heterocycles. The van der Waals surface area contributed by atoms with Crippen LogP contribution in [0.1, 0.15) is 35.2 Å². The van der Waals surface area contributed by atoms with Crippen molar-refractivity contribution in [1.29, 1.82) is 10.5 Å². The second kappa shape index (κ2) is 7.04. The highest BCUT2D eigenvalue weighted by Gasteiger charge is 2.07. The molecule has 0 bridgehead atoms. The second-order valence-electron chi connectivity index (χ2n) is 4.75. The number of nitrogens with zero attached hydrogens (tertiary/aromatic N) is 2. The molecular weight excluding hydrogens is 326 g/mol. The van der Waals surface area contributed by atoms with Gasteiger partial charge in [0.05, 0.1) is 23.3 Å². The molecule has 1 N–H and O–H groups in total. The number of halogens is 1. The Kier molecular flexibility index (Phi) is 5.11. The molecule has 0 fully saturated rings. The van der Waals surface area contributed by atoms with Crippen molar-refractivity contribution in [3.05, 3.63) is 69.2 Å². The van der Waals surface area contributed by atoms with Gasteiger partial charge in [0, 0.05) is 17.1 Å². The Morgan fingerprint density at radius 3 is 2.24 bits per heavy atom. The lowest BCUT2D eigenvalue weighted by atomic mass is 10.1. The van der Waals surface area contributed by atoms with E-state index < -0.39 is 0 Å². The Labute approximate surface area is 133 Å². The van der Waals surface area contributed by atoms with Gasteiger partial charge >= 0.3 is 0 Å². The first-order valence-corrected chi connectivity index (χ1v) is 7.35. The van der Waals surface area contributed by atoms with Gasteiger partial charge in [0.25, 0.3) is 0 Å². The van der Waals surface area contributed by atoms with Gasteiger partial charge in [-0.25, -0.2) is 0 Å². The lowest BCUT2D eigenvalue weighted by Crippen LogP contribution is -2.18. The van der Waals surface area contributed by atoms with Crippen molar-refractivity contribution in [2.24, 2.45) is 0 Å². The lowest BCUT2D eigenvalue weighted by Gasteiger charge is -2.15. The average Bonchev–Trinajstić information content (AvgIpc) is 2.53. The highest BCUT2D eigenvalue weighted by molar-refractivity contribution is 9.10. The topological polar surface area (TPSA) is 59.6 Å². The summed E-state index contributed by atoms with van der Waals surface area (Å²) in [7, 11) is 0. The van der Waals surface area contributed by atoms with E-state index in [1.807, 2.05) is 42.5 Å². The molecule has 2 rings (SSSR count). The first-order valence-electron chi connectivity index (χ1n) is 6.56. The minimum atomic E-state index is 0.181. The van der Waals surface area contributed by atoms with Crippen LogP contribution in [-0.4, -0.2) is 0 Å². The standard InChI is InChI=1S/C17H14BrN3/c1-12(15-5-2-13(9-19)3-6-15)21-11-16-7-4-14(10-20)8-17(16)18/h2-8,12,21H,11H2,1H3/t12-/m1/s1. The van der Waals surface area contributed by atoms with E-state index in [1.54, 1.807) is 0 Å². The van der Waals surface area contributed by atoms with Gasteiger partial charge in [-0.2, -0.15) is 10.5 Å². The van der Waals surface area contributed by atoms with Crippen LogP contribution in [0.25, 0.3) is 0 Å². The fourth-order valence-electron chi connectivity index (χ4n) is 1.99. The molecule has 2 aromatic rings. The van der Waals surface area contributed by atoms with Crippen LogP contribution in [0.4, 0.5) is 0 Å². The molecule has 0 unspecified atom stereocenters. The number of nitriles is 2. The molecule has 1 atom stereocenters. The van der Waals surface area contributed by atoms with Gasteiger partial charge in [-0.1, -0.05) is 34.1 Å². The normalized spacial score (nSPS) is 11.4. The fraction of sp³-hybridized carbons (Fsp3) is 0.176. The molecule has 0 aliphatic rings. The number of rotatable bonds is 4. The van der Waals surface area contributed by atoms with Crippen LogP contribution in [-0.2, 0) is 6.54 Å². The highest BCUT2D eigenvalue weighted by atomic mass is 79.9. The van der Waals surface area contributed by atoms with Crippen molar-refractivity contribution in [3.8, 4) is 12.1 Å². The maximum absolute atomic E-state index is 8.85. The van der Waals surface area contributed by atoms with Crippen molar-refractivity contribution in [1.82, 2.24) is 5.32 Å². The minimum absolute atomic E-state index is 0.181. The van der Waals surface area contributed by atoms with E-state index in [9.17, 15) is 0 Å². The SMILES string of the molecule is C[C@@H](NCc1ccc(C#N)cc1Br)c1ccc(C#N)cc1. The van der Waals surface area contributed by atoms with Crippen LogP contribution in [0.3, 0.4) is 0 Å². The van der Waals surface area contributed by atoms with Crippen LogP contribution in [0.15, 0.2) is 46.9 Å². The third kappa shape index (κ3) is 3.92. The average molecular weight is 340 g/mol. The molecule has 0 aliphatic heterocycles. The van der Waals surface area contributed by atoms with Gasteiger partial charge in [-0.15, -0.1) is 0 Å². The zero-order chi connectivity index (χ0) is 15.2. The monoisotopic (exact) mass is 339 g/mol. The molecule has 4 heteroatoms. The van der Waals surface area contributed by atoms with Crippen LogP contribution < -0.4 is 5.32 Å². The summed E-state index contributed by atoms with van der Waals surface area (Å²) in [4.78, 5) is 0.